The van der Waals surface area contributed by atoms with E-state index in [4.69, 9.17) is 13.9 Å². The minimum atomic E-state index is -3.66. The standard InChI is InChI=1S/C20H21N3O6S2/c1-27-18-12-14(31(25,26)23-8-10-28-11-9-23)6-7-16(18)21-19(24)13-30-20-22-15-4-2-3-5-17(15)29-20/h2-7,12H,8-11,13H2,1H3,(H,21,24). The number of morpholine rings is 1. The number of para-hydroxylation sites is 2. The number of benzene rings is 2. The summed E-state index contributed by atoms with van der Waals surface area (Å²) in [5.74, 6) is 0.0352. The van der Waals surface area contributed by atoms with Gasteiger partial charge in [0, 0.05) is 19.2 Å². The molecule has 164 valence electrons. The van der Waals surface area contributed by atoms with Crippen molar-refractivity contribution in [1.82, 2.24) is 9.29 Å². The summed E-state index contributed by atoms with van der Waals surface area (Å²) in [5, 5.41) is 3.14. The summed E-state index contributed by atoms with van der Waals surface area (Å²) in [5.41, 5.74) is 1.76. The van der Waals surface area contributed by atoms with Crippen molar-refractivity contribution in [2.24, 2.45) is 0 Å². The molecule has 1 aliphatic rings. The van der Waals surface area contributed by atoms with E-state index in [0.717, 1.165) is 5.52 Å². The van der Waals surface area contributed by atoms with Crippen molar-refractivity contribution < 1.29 is 27.1 Å². The van der Waals surface area contributed by atoms with Crippen LogP contribution in [0.5, 0.6) is 5.75 Å². The third kappa shape index (κ3) is 4.85. The van der Waals surface area contributed by atoms with Crippen LogP contribution in [0.4, 0.5) is 5.69 Å². The van der Waals surface area contributed by atoms with Gasteiger partial charge in [-0.15, -0.1) is 0 Å². The Bertz CT molecular complexity index is 1160. The number of hydrogen-bond acceptors (Lipinski definition) is 8. The molecule has 0 spiro atoms. The summed E-state index contributed by atoms with van der Waals surface area (Å²) in [6, 6.07) is 11.7. The molecule has 0 saturated carbocycles. The van der Waals surface area contributed by atoms with E-state index in [2.05, 4.69) is 10.3 Å². The normalized spacial score (nSPS) is 15.1. The molecule has 1 aliphatic heterocycles. The summed E-state index contributed by atoms with van der Waals surface area (Å²) in [6.45, 7) is 1.33. The SMILES string of the molecule is COc1cc(S(=O)(=O)N2CCOCC2)ccc1NC(=O)CSc1nc2ccccc2o1. The third-order valence-electron chi connectivity index (χ3n) is 4.66. The van der Waals surface area contributed by atoms with Gasteiger partial charge in [-0.3, -0.25) is 4.79 Å². The summed E-state index contributed by atoms with van der Waals surface area (Å²) < 4.78 is 43.2. The predicted octanol–water partition coefficient (Wildman–Crippen LogP) is 2.59. The van der Waals surface area contributed by atoms with Crippen LogP contribution in [0.15, 0.2) is 57.0 Å². The monoisotopic (exact) mass is 463 g/mol. The molecule has 2 heterocycles. The zero-order chi connectivity index (χ0) is 21.8. The molecule has 1 fully saturated rings. The van der Waals surface area contributed by atoms with Crippen molar-refractivity contribution in [1.29, 1.82) is 0 Å². The number of aromatic nitrogens is 1. The summed E-state index contributed by atoms with van der Waals surface area (Å²) >= 11 is 1.17. The number of nitrogens with one attached hydrogen (secondary N) is 1. The van der Waals surface area contributed by atoms with Crippen LogP contribution in [0.2, 0.25) is 0 Å². The molecule has 3 aromatic rings. The number of carbonyl (C=O) groups excluding carboxylic acids is 1. The van der Waals surface area contributed by atoms with Crippen LogP contribution in [-0.2, 0) is 19.6 Å². The lowest BCUT2D eigenvalue weighted by Gasteiger charge is -2.26. The summed E-state index contributed by atoms with van der Waals surface area (Å²) in [4.78, 5) is 16.8. The number of thioether (sulfide) groups is 1. The Morgan fingerprint density at radius 2 is 2.00 bits per heavy atom. The van der Waals surface area contributed by atoms with Gasteiger partial charge >= 0.3 is 0 Å². The molecule has 1 aromatic heterocycles. The highest BCUT2D eigenvalue weighted by atomic mass is 32.2. The Hall–Kier alpha value is -2.60. The van der Waals surface area contributed by atoms with Crippen LogP contribution in [0.1, 0.15) is 0 Å². The highest BCUT2D eigenvalue weighted by Crippen LogP contribution is 2.30. The van der Waals surface area contributed by atoms with Crippen LogP contribution in [0, 0.1) is 0 Å². The van der Waals surface area contributed by atoms with Gasteiger partial charge in [0.15, 0.2) is 5.58 Å². The number of nitrogens with zero attached hydrogens (tertiary/aromatic N) is 2. The van der Waals surface area contributed by atoms with Crippen molar-refractivity contribution in [3.05, 3.63) is 42.5 Å². The summed E-state index contributed by atoms with van der Waals surface area (Å²) in [7, 11) is -2.24. The van der Waals surface area contributed by atoms with E-state index in [1.807, 2.05) is 24.3 Å². The van der Waals surface area contributed by atoms with E-state index in [1.165, 1.54) is 41.4 Å². The zero-order valence-electron chi connectivity index (χ0n) is 16.7. The third-order valence-corrected chi connectivity index (χ3v) is 7.38. The highest BCUT2D eigenvalue weighted by molar-refractivity contribution is 7.99. The van der Waals surface area contributed by atoms with Gasteiger partial charge in [-0.2, -0.15) is 4.31 Å². The van der Waals surface area contributed by atoms with Gasteiger partial charge in [-0.05, 0) is 24.3 Å². The van der Waals surface area contributed by atoms with Gasteiger partial charge in [0.05, 0.1) is 36.7 Å². The Labute approximate surface area is 183 Å². The molecule has 0 atom stereocenters. The molecule has 2 aromatic carbocycles. The second-order valence-electron chi connectivity index (χ2n) is 6.66. The number of oxazole rings is 1. The molecule has 0 bridgehead atoms. The van der Waals surface area contributed by atoms with Crippen LogP contribution < -0.4 is 10.1 Å². The first kappa shape index (κ1) is 21.6. The number of carbonyl (C=O) groups is 1. The minimum absolute atomic E-state index is 0.0732. The van der Waals surface area contributed by atoms with E-state index in [1.54, 1.807) is 0 Å². The second-order valence-corrected chi connectivity index (χ2v) is 9.53. The maximum atomic E-state index is 12.8. The number of amides is 1. The van der Waals surface area contributed by atoms with Crippen LogP contribution in [0.3, 0.4) is 0 Å². The van der Waals surface area contributed by atoms with Crippen molar-refractivity contribution in [3.63, 3.8) is 0 Å². The van der Waals surface area contributed by atoms with Crippen molar-refractivity contribution >= 4 is 44.5 Å². The lowest BCUT2D eigenvalue weighted by Crippen LogP contribution is -2.40. The molecule has 0 unspecified atom stereocenters. The van der Waals surface area contributed by atoms with Gasteiger partial charge in [-0.25, -0.2) is 13.4 Å². The number of ether oxygens (including phenoxy) is 2. The van der Waals surface area contributed by atoms with E-state index in [0.29, 0.717) is 42.8 Å². The topological polar surface area (TPSA) is 111 Å². The number of fused-ring (bicyclic) bond motifs is 1. The average molecular weight is 464 g/mol. The molecule has 0 radical (unpaired) electrons. The molecule has 4 rings (SSSR count). The number of rotatable bonds is 7. The minimum Gasteiger partial charge on any atom is -0.495 e. The first-order valence-corrected chi connectivity index (χ1v) is 11.9. The van der Waals surface area contributed by atoms with Gasteiger partial charge in [0.1, 0.15) is 11.3 Å². The quantitative estimate of drug-likeness (QED) is 0.532. The molecule has 1 saturated heterocycles. The lowest BCUT2D eigenvalue weighted by atomic mass is 10.3. The number of methoxy groups -OCH3 is 1. The van der Waals surface area contributed by atoms with E-state index >= 15 is 0 Å². The first-order valence-electron chi connectivity index (χ1n) is 9.51. The van der Waals surface area contributed by atoms with Gasteiger partial charge in [0.2, 0.25) is 15.9 Å². The zero-order valence-corrected chi connectivity index (χ0v) is 18.4. The lowest BCUT2D eigenvalue weighted by molar-refractivity contribution is -0.113. The fourth-order valence-electron chi connectivity index (χ4n) is 3.10. The van der Waals surface area contributed by atoms with Gasteiger partial charge in [0.25, 0.3) is 5.22 Å². The van der Waals surface area contributed by atoms with Crippen molar-refractivity contribution in [2.75, 3.05) is 44.5 Å². The van der Waals surface area contributed by atoms with E-state index in [9.17, 15) is 13.2 Å². The van der Waals surface area contributed by atoms with Crippen molar-refractivity contribution in [3.8, 4) is 5.75 Å². The Kier molecular flexibility index (Phi) is 6.46. The van der Waals surface area contributed by atoms with Crippen LogP contribution in [-0.4, -0.2) is 62.8 Å². The number of sulfonamides is 1. The van der Waals surface area contributed by atoms with Gasteiger partial charge in [-0.1, -0.05) is 23.9 Å². The Balaban J connectivity index is 1.43. The first-order chi connectivity index (χ1) is 15.0. The van der Waals surface area contributed by atoms with E-state index in [-0.39, 0.29) is 22.3 Å². The van der Waals surface area contributed by atoms with Crippen molar-refractivity contribution in [2.45, 2.75) is 10.1 Å². The maximum absolute atomic E-state index is 12.8. The molecule has 1 N–H and O–H groups in total. The number of anilines is 1. The molecular formula is C20H21N3O6S2. The molecule has 11 heteroatoms. The second kappa shape index (κ2) is 9.27. The maximum Gasteiger partial charge on any atom is 0.257 e. The molecule has 1 amide bonds. The Morgan fingerprint density at radius 3 is 2.74 bits per heavy atom. The Morgan fingerprint density at radius 1 is 1.23 bits per heavy atom. The molecule has 31 heavy (non-hydrogen) atoms. The fourth-order valence-corrected chi connectivity index (χ4v) is 5.16. The van der Waals surface area contributed by atoms with Gasteiger partial charge < -0.3 is 19.2 Å². The summed E-state index contributed by atoms with van der Waals surface area (Å²) in [6.07, 6.45) is 0. The average Bonchev–Trinajstić information content (AvgIpc) is 3.21. The molecule has 9 nitrogen and oxygen atoms in total. The smallest absolute Gasteiger partial charge is 0.257 e. The highest BCUT2D eigenvalue weighted by Gasteiger charge is 2.27. The van der Waals surface area contributed by atoms with Crippen LogP contribution >= 0.6 is 11.8 Å². The number of hydrogen-bond donors (Lipinski definition) is 1. The molecule has 0 aliphatic carbocycles. The largest absolute Gasteiger partial charge is 0.495 e. The van der Waals surface area contributed by atoms with Crippen LogP contribution in [0.25, 0.3) is 11.1 Å². The molecular weight excluding hydrogens is 442 g/mol. The van der Waals surface area contributed by atoms with E-state index < -0.39 is 10.0 Å². The predicted molar refractivity (Wildman–Crippen MR) is 116 cm³/mol. The fraction of sp³-hybridized carbons (Fsp3) is 0.300.